The van der Waals surface area contributed by atoms with Gasteiger partial charge in [0.25, 0.3) is 0 Å². The molecule has 0 saturated carbocycles. The molecule has 1 heterocycles. The third kappa shape index (κ3) is 6.25. The molecular weight excluding hydrogens is 525 g/mol. The molecule has 0 aliphatic carbocycles. The lowest BCUT2D eigenvalue weighted by molar-refractivity contribution is 0.0693. The molecule has 2 N–H and O–H groups in total. The number of halogens is 1. The van der Waals surface area contributed by atoms with E-state index in [1.54, 1.807) is 30.1 Å². The summed E-state index contributed by atoms with van der Waals surface area (Å²) in [6.07, 6.45) is 0.679. The maximum absolute atomic E-state index is 13.5. The molecule has 4 aromatic carbocycles. The van der Waals surface area contributed by atoms with E-state index < -0.39 is 24.0 Å². The summed E-state index contributed by atoms with van der Waals surface area (Å²) in [6.45, 7) is 1.81. The van der Waals surface area contributed by atoms with Crippen molar-refractivity contribution in [3.8, 4) is 33.8 Å². The van der Waals surface area contributed by atoms with Crippen LogP contribution in [-0.2, 0) is 11.8 Å². The zero-order valence-electron chi connectivity index (χ0n) is 22.2. The minimum absolute atomic E-state index is 0.0512. The summed E-state index contributed by atoms with van der Waals surface area (Å²) in [7, 11) is 1.74. The number of aromatic nitrogens is 2. The van der Waals surface area contributed by atoms with Gasteiger partial charge in [0.05, 0.1) is 6.20 Å². The maximum atomic E-state index is 13.5. The molecule has 206 valence electrons. The number of nitrogens with zero attached hydrogens (tertiary/aromatic N) is 2. The number of anilines is 1. The predicted molar refractivity (Wildman–Crippen MR) is 152 cm³/mol. The fourth-order valence-corrected chi connectivity index (χ4v) is 4.32. The summed E-state index contributed by atoms with van der Waals surface area (Å²) in [6, 6.07) is 27.7. The zero-order chi connectivity index (χ0) is 28.9. The lowest BCUT2D eigenvalue weighted by atomic mass is 10.0. The van der Waals surface area contributed by atoms with E-state index >= 15 is 0 Å². The van der Waals surface area contributed by atoms with Crippen molar-refractivity contribution in [2.45, 2.75) is 13.0 Å². The van der Waals surface area contributed by atoms with E-state index in [0.29, 0.717) is 11.6 Å². The monoisotopic (exact) mass is 551 g/mol. The second-order valence-electron chi connectivity index (χ2n) is 9.26. The van der Waals surface area contributed by atoms with Crippen molar-refractivity contribution in [3.05, 3.63) is 120 Å². The highest BCUT2D eigenvalue weighted by Gasteiger charge is 2.18. The number of aromatic carboxylic acids is 1. The molecule has 0 unspecified atom stereocenters. The van der Waals surface area contributed by atoms with Crippen LogP contribution in [0.15, 0.2) is 103 Å². The molecular formula is C32H26FN3O5. The first-order valence-electron chi connectivity index (χ1n) is 12.7. The molecule has 5 aromatic rings. The van der Waals surface area contributed by atoms with E-state index in [1.165, 1.54) is 6.07 Å². The molecule has 0 fully saturated rings. The third-order valence-corrected chi connectivity index (χ3v) is 6.50. The fourth-order valence-electron chi connectivity index (χ4n) is 4.32. The Morgan fingerprint density at radius 1 is 0.902 bits per heavy atom. The van der Waals surface area contributed by atoms with Gasteiger partial charge in [-0.25, -0.2) is 14.0 Å². The van der Waals surface area contributed by atoms with Crippen LogP contribution in [0.2, 0.25) is 0 Å². The topological polar surface area (TPSA) is 103 Å². The molecule has 1 amide bonds. The number of hydrogen-bond donors (Lipinski definition) is 2. The minimum atomic E-state index is -1.28. The van der Waals surface area contributed by atoms with Gasteiger partial charge in [0.2, 0.25) is 0 Å². The van der Waals surface area contributed by atoms with Gasteiger partial charge in [-0.15, -0.1) is 0 Å². The number of carbonyl (C=O) groups excluding carboxylic acids is 1. The summed E-state index contributed by atoms with van der Waals surface area (Å²) in [4.78, 5) is 24.1. The average molecular weight is 552 g/mol. The highest BCUT2D eigenvalue weighted by atomic mass is 19.1. The van der Waals surface area contributed by atoms with E-state index in [4.69, 9.17) is 9.47 Å². The van der Waals surface area contributed by atoms with Crippen LogP contribution in [-0.4, -0.2) is 26.9 Å². The second-order valence-corrected chi connectivity index (χ2v) is 9.26. The Labute approximate surface area is 235 Å². The molecule has 0 saturated heterocycles. The van der Waals surface area contributed by atoms with Crippen molar-refractivity contribution in [1.82, 2.24) is 9.78 Å². The number of carbonyl (C=O) groups is 2. The van der Waals surface area contributed by atoms with Gasteiger partial charge >= 0.3 is 12.1 Å². The Kier molecular flexibility index (Phi) is 7.78. The summed E-state index contributed by atoms with van der Waals surface area (Å²) in [5.41, 5.74) is 4.06. The first-order chi connectivity index (χ1) is 19.8. The molecule has 8 nitrogen and oxygen atoms in total. The lowest BCUT2D eigenvalue weighted by Gasteiger charge is -2.15. The highest BCUT2D eigenvalue weighted by Crippen LogP contribution is 2.32. The Morgan fingerprint density at radius 2 is 1.54 bits per heavy atom. The number of benzene rings is 4. The maximum Gasteiger partial charge on any atom is 0.413 e. The van der Waals surface area contributed by atoms with E-state index in [9.17, 15) is 19.1 Å². The van der Waals surface area contributed by atoms with Crippen molar-refractivity contribution in [3.63, 3.8) is 0 Å². The molecule has 0 aliphatic rings. The predicted octanol–water partition coefficient (Wildman–Crippen LogP) is 7.69. The number of carboxylic acids is 1. The smallest absolute Gasteiger partial charge is 0.413 e. The molecule has 0 bridgehead atoms. The number of rotatable bonds is 8. The normalized spacial score (nSPS) is 11.5. The highest BCUT2D eigenvalue weighted by molar-refractivity contribution is 5.91. The Balaban J connectivity index is 1.28. The SMILES string of the molecule is C[C@@H](OC(=O)Nc1c(-c2ccc(-c3ccc(Oc4ccc(F)cc4C(=O)O)cc3)cc2)cnn1C)c1ccccc1. The van der Waals surface area contributed by atoms with E-state index in [2.05, 4.69) is 10.4 Å². The molecule has 9 heteroatoms. The summed E-state index contributed by atoms with van der Waals surface area (Å²) < 4.78 is 26.3. The van der Waals surface area contributed by atoms with Gasteiger partial charge in [-0.3, -0.25) is 10.00 Å². The lowest BCUT2D eigenvalue weighted by Crippen LogP contribution is -2.18. The second kappa shape index (κ2) is 11.7. The van der Waals surface area contributed by atoms with Gasteiger partial charge in [0.15, 0.2) is 0 Å². The third-order valence-electron chi connectivity index (χ3n) is 6.50. The standard InChI is InChI=1S/C32H26FN3O5/c1-20(21-6-4-3-5-7-21)40-32(39)35-30-28(19-34-36(30)2)24-10-8-22(9-11-24)23-12-15-26(16-13-23)41-29-17-14-25(33)18-27(29)31(37)38/h3-20H,1-2H3,(H,35,39)(H,37,38)/t20-/m1/s1. The number of nitrogens with one attached hydrogen (secondary N) is 1. The van der Waals surface area contributed by atoms with Gasteiger partial charge in [-0.1, -0.05) is 66.7 Å². The summed E-state index contributed by atoms with van der Waals surface area (Å²) >= 11 is 0. The van der Waals surface area contributed by atoms with Gasteiger partial charge in [-0.2, -0.15) is 5.10 Å². The number of ether oxygens (including phenoxy) is 2. The molecule has 0 spiro atoms. The van der Waals surface area contributed by atoms with Crippen molar-refractivity contribution >= 4 is 17.9 Å². The van der Waals surface area contributed by atoms with Gasteiger partial charge < -0.3 is 14.6 Å². The Bertz CT molecular complexity index is 1680. The molecule has 0 radical (unpaired) electrons. The van der Waals surface area contributed by atoms with Crippen LogP contribution >= 0.6 is 0 Å². The first kappa shape index (κ1) is 27.1. The van der Waals surface area contributed by atoms with Crippen molar-refractivity contribution < 1.29 is 28.6 Å². The quantitative estimate of drug-likeness (QED) is 0.205. The minimum Gasteiger partial charge on any atom is -0.478 e. The van der Waals surface area contributed by atoms with Crippen molar-refractivity contribution in [2.24, 2.45) is 7.05 Å². The van der Waals surface area contributed by atoms with Crippen LogP contribution in [0, 0.1) is 5.82 Å². The van der Waals surface area contributed by atoms with Crippen molar-refractivity contribution in [1.29, 1.82) is 0 Å². The zero-order valence-corrected chi connectivity index (χ0v) is 22.2. The van der Waals surface area contributed by atoms with Crippen LogP contribution in [0.3, 0.4) is 0 Å². The van der Waals surface area contributed by atoms with E-state index in [1.807, 2.05) is 73.7 Å². The largest absolute Gasteiger partial charge is 0.478 e. The molecule has 5 rings (SSSR count). The van der Waals surface area contributed by atoms with Crippen LogP contribution in [0.25, 0.3) is 22.3 Å². The molecule has 1 atom stereocenters. The number of aryl methyl sites for hydroxylation is 1. The van der Waals surface area contributed by atoms with E-state index in [0.717, 1.165) is 39.9 Å². The Hall–Kier alpha value is -5.44. The molecule has 1 aromatic heterocycles. The number of hydrogen-bond acceptors (Lipinski definition) is 5. The average Bonchev–Trinajstić information content (AvgIpc) is 3.34. The van der Waals surface area contributed by atoms with E-state index in [-0.39, 0.29) is 11.3 Å². The van der Waals surface area contributed by atoms with Gasteiger partial charge in [0.1, 0.15) is 34.8 Å². The number of carboxylic acid groups (broad SMARTS) is 1. The van der Waals surface area contributed by atoms with Gasteiger partial charge in [0, 0.05) is 12.6 Å². The molecule has 41 heavy (non-hydrogen) atoms. The van der Waals surface area contributed by atoms with Crippen LogP contribution < -0.4 is 10.1 Å². The van der Waals surface area contributed by atoms with Gasteiger partial charge in [-0.05, 0) is 59.5 Å². The fraction of sp³-hybridized carbons (Fsp3) is 0.0938. The van der Waals surface area contributed by atoms with Crippen molar-refractivity contribution in [2.75, 3.05) is 5.32 Å². The van der Waals surface area contributed by atoms with Crippen LogP contribution in [0.4, 0.5) is 15.0 Å². The number of amides is 1. The Morgan fingerprint density at radius 3 is 2.20 bits per heavy atom. The van der Waals surface area contributed by atoms with Crippen LogP contribution in [0.5, 0.6) is 11.5 Å². The summed E-state index contributed by atoms with van der Waals surface area (Å²) in [5.74, 6) is -0.956. The van der Waals surface area contributed by atoms with Crippen LogP contribution in [0.1, 0.15) is 28.9 Å². The first-order valence-corrected chi connectivity index (χ1v) is 12.7. The molecule has 0 aliphatic heterocycles. The summed E-state index contributed by atoms with van der Waals surface area (Å²) in [5, 5.41) is 16.4.